The van der Waals surface area contributed by atoms with Crippen molar-refractivity contribution >= 4 is 34.9 Å². The maximum Gasteiger partial charge on any atom is 0.131 e. The zero-order chi connectivity index (χ0) is 21.2. The van der Waals surface area contributed by atoms with Crippen molar-refractivity contribution in [3.63, 3.8) is 0 Å². The molecule has 31 heavy (non-hydrogen) atoms. The summed E-state index contributed by atoms with van der Waals surface area (Å²) in [5, 5.41) is 0. The summed E-state index contributed by atoms with van der Waals surface area (Å²) in [7, 11) is 0. The largest absolute Gasteiger partial charge is 0.257 e. The fourth-order valence-corrected chi connectivity index (χ4v) is 4.09. The molecule has 0 aliphatic heterocycles. The number of benzene rings is 2. The Morgan fingerprint density at radius 3 is 2.06 bits per heavy atom. The molecule has 2 aromatic carbocycles. The molecule has 0 radical (unpaired) electrons. The van der Waals surface area contributed by atoms with Crippen molar-refractivity contribution in [1.82, 2.24) is 18.7 Å². The summed E-state index contributed by atoms with van der Waals surface area (Å²) in [6.45, 7) is 4.17. The minimum Gasteiger partial charge on any atom is -0.257 e. The van der Waals surface area contributed by atoms with Crippen LogP contribution in [0.25, 0.3) is 45.6 Å². The van der Waals surface area contributed by atoms with Crippen LogP contribution in [0.2, 0.25) is 0 Å². The second-order valence-electron chi connectivity index (χ2n) is 7.50. The normalized spacial score (nSPS) is 11.4. The van der Waals surface area contributed by atoms with E-state index in [1.165, 1.54) is 22.9 Å². The molecule has 0 unspecified atom stereocenters. The van der Waals surface area contributed by atoms with Crippen LogP contribution in [0.1, 0.15) is 22.5 Å². The van der Waals surface area contributed by atoms with E-state index in [0.717, 1.165) is 44.8 Å². The van der Waals surface area contributed by atoms with E-state index in [9.17, 15) is 0 Å². The van der Waals surface area contributed by atoms with E-state index in [-0.39, 0.29) is 0 Å². The second kappa shape index (κ2) is 8.20. The molecule has 5 heteroatoms. The lowest BCUT2D eigenvalue weighted by Crippen LogP contribution is -1.96. The zero-order valence-corrected chi connectivity index (χ0v) is 18.1. The van der Waals surface area contributed by atoms with Crippen molar-refractivity contribution < 1.29 is 0 Å². The number of aryl methyl sites for hydroxylation is 2. The van der Waals surface area contributed by atoms with Crippen molar-refractivity contribution in [3.8, 4) is 22.4 Å². The van der Waals surface area contributed by atoms with Gasteiger partial charge in [-0.2, -0.15) is 8.75 Å². The molecule has 0 N–H and O–H groups in total. The molecule has 3 aromatic heterocycles. The first-order valence-electron chi connectivity index (χ1n) is 10.1. The molecule has 0 aliphatic rings. The van der Waals surface area contributed by atoms with Crippen LogP contribution in [-0.4, -0.2) is 18.7 Å². The van der Waals surface area contributed by atoms with Gasteiger partial charge < -0.3 is 0 Å². The summed E-state index contributed by atoms with van der Waals surface area (Å²) in [5.41, 5.74) is 9.82. The van der Waals surface area contributed by atoms with Gasteiger partial charge in [0.15, 0.2) is 0 Å². The SMILES string of the molecule is Cc1ccc(-c2nc(C=Cc3ccccn3)c(-c3ccc(C)cc3)c3nsnc23)cc1. The van der Waals surface area contributed by atoms with Crippen LogP contribution in [-0.2, 0) is 0 Å². The molecular formula is C26H20N4S. The highest BCUT2D eigenvalue weighted by atomic mass is 32.1. The van der Waals surface area contributed by atoms with Crippen LogP contribution >= 0.6 is 11.7 Å². The van der Waals surface area contributed by atoms with Crippen molar-refractivity contribution in [3.05, 3.63) is 95.4 Å². The maximum atomic E-state index is 5.08. The number of pyridine rings is 2. The van der Waals surface area contributed by atoms with Gasteiger partial charge in [0.05, 0.1) is 28.8 Å². The van der Waals surface area contributed by atoms with E-state index in [2.05, 4.69) is 76.1 Å². The molecule has 0 atom stereocenters. The highest BCUT2D eigenvalue weighted by Gasteiger charge is 2.19. The molecule has 0 saturated carbocycles. The Labute approximate surface area is 185 Å². The predicted molar refractivity (Wildman–Crippen MR) is 129 cm³/mol. The van der Waals surface area contributed by atoms with Crippen molar-refractivity contribution in [1.29, 1.82) is 0 Å². The average molecular weight is 421 g/mol. The van der Waals surface area contributed by atoms with Crippen molar-refractivity contribution in [2.75, 3.05) is 0 Å². The summed E-state index contributed by atoms with van der Waals surface area (Å²) in [5.74, 6) is 0. The average Bonchev–Trinajstić information content (AvgIpc) is 3.29. The molecule has 0 bridgehead atoms. The molecule has 0 fully saturated rings. The third-order valence-corrected chi connectivity index (χ3v) is 5.73. The van der Waals surface area contributed by atoms with E-state index in [0.29, 0.717) is 0 Å². The molecule has 5 aromatic rings. The lowest BCUT2D eigenvalue weighted by molar-refractivity contribution is 1.29. The van der Waals surface area contributed by atoms with Crippen LogP contribution < -0.4 is 0 Å². The van der Waals surface area contributed by atoms with Crippen LogP contribution in [0.15, 0.2) is 72.9 Å². The maximum absolute atomic E-state index is 5.08. The van der Waals surface area contributed by atoms with Crippen molar-refractivity contribution in [2.45, 2.75) is 13.8 Å². The number of aromatic nitrogens is 4. The van der Waals surface area contributed by atoms with Gasteiger partial charge >= 0.3 is 0 Å². The standard InChI is InChI=1S/C26H20N4S/c1-17-6-10-19(11-7-17)23-22(15-14-21-5-3-4-16-27-21)28-24(26-25(23)29-31-30-26)20-12-8-18(2)9-13-20/h3-16H,1-2H3. The summed E-state index contributed by atoms with van der Waals surface area (Å²) >= 11 is 1.22. The molecular weight excluding hydrogens is 400 g/mol. The van der Waals surface area contributed by atoms with Crippen LogP contribution in [0.5, 0.6) is 0 Å². The van der Waals surface area contributed by atoms with E-state index in [1.807, 2.05) is 30.4 Å². The van der Waals surface area contributed by atoms with Gasteiger partial charge in [0, 0.05) is 17.3 Å². The molecule has 4 nitrogen and oxygen atoms in total. The first-order valence-corrected chi connectivity index (χ1v) is 10.8. The lowest BCUT2D eigenvalue weighted by Gasteiger charge is -2.11. The van der Waals surface area contributed by atoms with Gasteiger partial charge in [0.25, 0.3) is 0 Å². The molecule has 150 valence electrons. The number of hydrogen-bond acceptors (Lipinski definition) is 5. The number of fused-ring (bicyclic) bond motifs is 1. The fraction of sp³-hybridized carbons (Fsp3) is 0.0769. The topological polar surface area (TPSA) is 51.6 Å². The Bertz CT molecular complexity index is 1370. The molecule has 3 heterocycles. The quantitative estimate of drug-likeness (QED) is 0.328. The van der Waals surface area contributed by atoms with Crippen molar-refractivity contribution in [2.24, 2.45) is 0 Å². The first kappa shape index (κ1) is 19.3. The summed E-state index contributed by atoms with van der Waals surface area (Å²) in [6, 6.07) is 22.7. The highest BCUT2D eigenvalue weighted by Crippen LogP contribution is 2.36. The number of rotatable bonds is 4. The Hall–Kier alpha value is -3.70. The number of hydrogen-bond donors (Lipinski definition) is 0. The number of nitrogens with zero attached hydrogens (tertiary/aromatic N) is 4. The van der Waals surface area contributed by atoms with Gasteiger partial charge in [-0.1, -0.05) is 65.7 Å². The molecule has 0 aliphatic carbocycles. The summed E-state index contributed by atoms with van der Waals surface area (Å²) in [4.78, 5) is 9.49. The lowest BCUT2D eigenvalue weighted by atomic mass is 9.98. The minimum atomic E-state index is 0.833. The van der Waals surface area contributed by atoms with Crippen LogP contribution in [0.4, 0.5) is 0 Å². The third kappa shape index (κ3) is 3.88. The molecule has 0 spiro atoms. The van der Waals surface area contributed by atoms with Gasteiger partial charge in [-0.05, 0) is 43.7 Å². The van der Waals surface area contributed by atoms with Crippen LogP contribution in [0, 0.1) is 13.8 Å². The molecule has 5 rings (SSSR count). The highest BCUT2D eigenvalue weighted by molar-refractivity contribution is 7.00. The molecule has 0 amide bonds. The van der Waals surface area contributed by atoms with Gasteiger partial charge in [0.2, 0.25) is 0 Å². The molecule has 0 saturated heterocycles. The zero-order valence-electron chi connectivity index (χ0n) is 17.3. The van der Waals surface area contributed by atoms with Crippen LogP contribution in [0.3, 0.4) is 0 Å². The Morgan fingerprint density at radius 2 is 1.39 bits per heavy atom. The smallest absolute Gasteiger partial charge is 0.131 e. The van der Waals surface area contributed by atoms with E-state index < -0.39 is 0 Å². The van der Waals surface area contributed by atoms with E-state index in [4.69, 9.17) is 4.98 Å². The van der Waals surface area contributed by atoms with Gasteiger partial charge in [-0.3, -0.25) is 4.98 Å². The Morgan fingerprint density at radius 1 is 0.710 bits per heavy atom. The Kier molecular flexibility index (Phi) is 5.10. The summed E-state index contributed by atoms with van der Waals surface area (Å²) in [6.07, 6.45) is 5.80. The van der Waals surface area contributed by atoms with Gasteiger partial charge in [0.1, 0.15) is 11.0 Å². The van der Waals surface area contributed by atoms with Gasteiger partial charge in [-0.15, -0.1) is 0 Å². The van der Waals surface area contributed by atoms with E-state index in [1.54, 1.807) is 6.20 Å². The first-order chi connectivity index (χ1) is 15.2. The minimum absolute atomic E-state index is 0.833. The third-order valence-electron chi connectivity index (χ3n) is 5.20. The summed E-state index contributed by atoms with van der Waals surface area (Å²) < 4.78 is 9.29. The Balaban J connectivity index is 1.76. The fourth-order valence-electron chi connectivity index (χ4n) is 3.54. The van der Waals surface area contributed by atoms with E-state index >= 15 is 0 Å². The van der Waals surface area contributed by atoms with Gasteiger partial charge in [-0.25, -0.2) is 4.98 Å². The predicted octanol–water partition coefficient (Wildman–Crippen LogP) is 6.60. The monoisotopic (exact) mass is 420 g/mol. The second-order valence-corrected chi connectivity index (χ2v) is 8.03.